The van der Waals surface area contributed by atoms with Crippen molar-refractivity contribution in [2.24, 2.45) is 10.9 Å². The van der Waals surface area contributed by atoms with E-state index in [1.54, 1.807) is 25.3 Å². The lowest BCUT2D eigenvalue weighted by atomic mass is 10.1. The van der Waals surface area contributed by atoms with Crippen LogP contribution in [0.3, 0.4) is 0 Å². The summed E-state index contributed by atoms with van der Waals surface area (Å²) >= 11 is 0. The summed E-state index contributed by atoms with van der Waals surface area (Å²) in [7, 11) is 3.50. The van der Waals surface area contributed by atoms with Crippen LogP contribution in [0, 0.1) is 5.92 Å². The molecule has 0 aliphatic carbocycles. The highest BCUT2D eigenvalue weighted by Crippen LogP contribution is 2.17. The van der Waals surface area contributed by atoms with Gasteiger partial charge in [-0.3, -0.25) is 4.79 Å². The van der Waals surface area contributed by atoms with Crippen LogP contribution in [0.25, 0.3) is 0 Å². The van der Waals surface area contributed by atoms with Crippen molar-refractivity contribution < 1.29 is 13.9 Å². The molecule has 1 unspecified atom stereocenters. The predicted molar refractivity (Wildman–Crippen MR) is 133 cm³/mol. The molecule has 1 amide bonds. The number of ether oxygens (including phenoxy) is 1. The number of nitrogens with zero attached hydrogens (tertiary/aromatic N) is 3. The van der Waals surface area contributed by atoms with E-state index in [2.05, 4.69) is 27.3 Å². The molecule has 2 heterocycles. The largest absolute Gasteiger partial charge is 0.469 e. The van der Waals surface area contributed by atoms with Gasteiger partial charge in [-0.05, 0) is 24.1 Å². The van der Waals surface area contributed by atoms with Gasteiger partial charge in [0.2, 0.25) is 5.91 Å². The number of nitrogens with one attached hydrogen (secondary N) is 1. The summed E-state index contributed by atoms with van der Waals surface area (Å²) < 4.78 is 11.3. The van der Waals surface area contributed by atoms with Crippen molar-refractivity contribution in [1.29, 1.82) is 0 Å². The molecule has 7 nitrogen and oxygen atoms in total. The topological polar surface area (TPSA) is 70.3 Å². The molecule has 1 N–H and O–H groups in total. The highest BCUT2D eigenvalue weighted by atomic mass is 127. The quantitative estimate of drug-likeness (QED) is 0.301. The summed E-state index contributed by atoms with van der Waals surface area (Å²) in [5.74, 6) is 2.15. The van der Waals surface area contributed by atoms with E-state index in [0.29, 0.717) is 19.1 Å². The van der Waals surface area contributed by atoms with E-state index in [4.69, 9.17) is 9.15 Å². The highest BCUT2D eigenvalue weighted by molar-refractivity contribution is 14.0. The molecule has 1 fully saturated rings. The fourth-order valence-corrected chi connectivity index (χ4v) is 3.38. The molecule has 1 atom stereocenters. The van der Waals surface area contributed by atoms with Crippen LogP contribution in [0.1, 0.15) is 17.7 Å². The van der Waals surface area contributed by atoms with Crippen LogP contribution in [-0.4, -0.2) is 68.5 Å². The van der Waals surface area contributed by atoms with E-state index in [1.807, 2.05) is 30.3 Å². The Morgan fingerprint density at radius 2 is 2.06 bits per heavy atom. The van der Waals surface area contributed by atoms with Crippen LogP contribution >= 0.6 is 24.0 Å². The van der Waals surface area contributed by atoms with Crippen molar-refractivity contribution in [2.45, 2.75) is 19.4 Å². The fraction of sp³-hybridized carbons (Fsp3) is 0.478. The van der Waals surface area contributed by atoms with Gasteiger partial charge in [0, 0.05) is 46.1 Å². The Labute approximate surface area is 201 Å². The second-order valence-electron chi connectivity index (χ2n) is 7.79. The number of rotatable bonds is 9. The average Bonchev–Trinajstić information content (AvgIpc) is 3.43. The number of likely N-dealkylation sites (tertiary alicyclic amines) is 1. The first kappa shape index (κ1) is 25.2. The lowest BCUT2D eigenvalue weighted by Gasteiger charge is -2.22. The number of hydrogen-bond acceptors (Lipinski definition) is 4. The molecule has 1 aromatic heterocycles. The molecule has 1 aliphatic rings. The SMILES string of the molecule is CN(C)C(=O)CN=C(NCCc1ccco1)N1CCC(COCc2ccccc2)C1.I. The van der Waals surface area contributed by atoms with Gasteiger partial charge in [-0.2, -0.15) is 0 Å². The molecule has 8 heteroatoms. The van der Waals surface area contributed by atoms with E-state index in [9.17, 15) is 4.79 Å². The van der Waals surface area contributed by atoms with E-state index >= 15 is 0 Å². The van der Waals surface area contributed by atoms with Gasteiger partial charge in [0.05, 0.1) is 19.5 Å². The Morgan fingerprint density at radius 1 is 1.26 bits per heavy atom. The molecule has 170 valence electrons. The molecule has 0 radical (unpaired) electrons. The normalized spacial score (nSPS) is 16.1. The molecule has 1 aromatic carbocycles. The molecular weight excluding hydrogens is 507 g/mol. The molecule has 0 bridgehead atoms. The molecule has 1 aliphatic heterocycles. The van der Waals surface area contributed by atoms with Gasteiger partial charge in [0.1, 0.15) is 12.3 Å². The summed E-state index contributed by atoms with van der Waals surface area (Å²) in [5.41, 5.74) is 1.19. The zero-order chi connectivity index (χ0) is 21.2. The summed E-state index contributed by atoms with van der Waals surface area (Å²) in [6.45, 7) is 3.98. The number of aliphatic imine (C=N–C) groups is 1. The Kier molecular flexibility index (Phi) is 10.9. The number of furan rings is 1. The average molecular weight is 540 g/mol. The van der Waals surface area contributed by atoms with Gasteiger partial charge in [0.25, 0.3) is 0 Å². The lowest BCUT2D eigenvalue weighted by Crippen LogP contribution is -2.42. The predicted octanol–water partition coefficient (Wildman–Crippen LogP) is 3.01. The minimum absolute atomic E-state index is 0. The maximum Gasteiger partial charge on any atom is 0.243 e. The number of carbonyl (C=O) groups is 1. The number of amides is 1. The summed E-state index contributed by atoms with van der Waals surface area (Å²) in [4.78, 5) is 20.4. The molecule has 2 aromatic rings. The number of guanidine groups is 1. The van der Waals surface area contributed by atoms with E-state index in [-0.39, 0.29) is 36.4 Å². The van der Waals surface area contributed by atoms with Gasteiger partial charge in [-0.25, -0.2) is 4.99 Å². The van der Waals surface area contributed by atoms with Crippen LogP contribution in [0.15, 0.2) is 58.1 Å². The van der Waals surface area contributed by atoms with Crippen molar-refractivity contribution in [3.05, 3.63) is 60.1 Å². The van der Waals surface area contributed by atoms with Crippen LogP contribution in [0.2, 0.25) is 0 Å². The first-order chi connectivity index (χ1) is 14.6. The van der Waals surface area contributed by atoms with E-state index < -0.39 is 0 Å². The van der Waals surface area contributed by atoms with Crippen molar-refractivity contribution in [2.75, 3.05) is 46.9 Å². The Bertz CT molecular complexity index is 796. The smallest absolute Gasteiger partial charge is 0.243 e. The van der Waals surface area contributed by atoms with E-state index in [1.165, 1.54) is 5.56 Å². The van der Waals surface area contributed by atoms with Crippen molar-refractivity contribution in [3.63, 3.8) is 0 Å². The second-order valence-corrected chi connectivity index (χ2v) is 7.79. The third-order valence-corrected chi connectivity index (χ3v) is 5.15. The van der Waals surface area contributed by atoms with Gasteiger partial charge in [-0.15, -0.1) is 24.0 Å². The first-order valence-corrected chi connectivity index (χ1v) is 10.5. The van der Waals surface area contributed by atoms with Crippen molar-refractivity contribution in [1.82, 2.24) is 15.1 Å². The molecule has 3 rings (SSSR count). The number of carbonyl (C=O) groups excluding carboxylic acids is 1. The number of likely N-dealkylation sites (N-methyl/N-ethyl adjacent to an activating group) is 1. The monoisotopic (exact) mass is 540 g/mol. The molecule has 31 heavy (non-hydrogen) atoms. The molecule has 1 saturated heterocycles. The first-order valence-electron chi connectivity index (χ1n) is 10.5. The fourth-order valence-electron chi connectivity index (χ4n) is 3.38. The van der Waals surface area contributed by atoms with Crippen molar-refractivity contribution in [3.8, 4) is 0 Å². The number of benzene rings is 1. The van der Waals surface area contributed by atoms with Crippen LogP contribution in [0.4, 0.5) is 0 Å². The second kappa shape index (κ2) is 13.4. The Hall–Kier alpha value is -2.07. The zero-order valence-electron chi connectivity index (χ0n) is 18.3. The maximum absolute atomic E-state index is 12.0. The van der Waals surface area contributed by atoms with Crippen LogP contribution in [-0.2, 0) is 22.6 Å². The third kappa shape index (κ3) is 8.53. The van der Waals surface area contributed by atoms with Gasteiger partial charge < -0.3 is 24.3 Å². The Morgan fingerprint density at radius 3 is 2.77 bits per heavy atom. The minimum Gasteiger partial charge on any atom is -0.469 e. The summed E-state index contributed by atoms with van der Waals surface area (Å²) in [6, 6.07) is 14.1. The van der Waals surface area contributed by atoms with Gasteiger partial charge >= 0.3 is 0 Å². The molecule has 0 saturated carbocycles. The zero-order valence-corrected chi connectivity index (χ0v) is 20.7. The van der Waals surface area contributed by atoms with Gasteiger partial charge in [-0.1, -0.05) is 30.3 Å². The standard InChI is InChI=1S/C23H32N4O3.HI/c1-26(2)22(28)15-25-23(24-12-10-21-9-6-14-30-21)27-13-11-20(16-27)18-29-17-19-7-4-3-5-8-19;/h3-9,14,20H,10-13,15-18H2,1-2H3,(H,24,25);1H. The summed E-state index contributed by atoms with van der Waals surface area (Å²) in [5, 5.41) is 3.40. The van der Waals surface area contributed by atoms with E-state index in [0.717, 1.165) is 44.3 Å². The lowest BCUT2D eigenvalue weighted by molar-refractivity contribution is -0.127. The number of halogens is 1. The van der Waals surface area contributed by atoms with Crippen LogP contribution < -0.4 is 5.32 Å². The highest BCUT2D eigenvalue weighted by Gasteiger charge is 2.25. The Balaban J connectivity index is 0.00000341. The molecule has 0 spiro atoms. The number of hydrogen-bond donors (Lipinski definition) is 1. The van der Waals surface area contributed by atoms with Crippen LogP contribution in [0.5, 0.6) is 0 Å². The minimum atomic E-state index is -0.0118. The summed E-state index contributed by atoms with van der Waals surface area (Å²) in [6.07, 6.45) is 3.50. The molecular formula is C23H33IN4O3. The van der Waals surface area contributed by atoms with Crippen molar-refractivity contribution >= 4 is 35.8 Å². The van der Waals surface area contributed by atoms with Gasteiger partial charge in [0.15, 0.2) is 5.96 Å². The maximum atomic E-state index is 12.0. The third-order valence-electron chi connectivity index (χ3n) is 5.15.